The maximum absolute atomic E-state index is 13.5. The van der Waals surface area contributed by atoms with Gasteiger partial charge in [0.05, 0.1) is 11.4 Å². The molecule has 0 aliphatic heterocycles. The Kier molecular flexibility index (Phi) is 3.37. The number of nitrogens with one attached hydrogen (secondary N) is 1. The van der Waals surface area contributed by atoms with E-state index in [1.54, 1.807) is 18.2 Å². The number of benzene rings is 2. The van der Waals surface area contributed by atoms with E-state index in [0.29, 0.717) is 11.4 Å². The number of rotatable bonds is 2. The minimum absolute atomic E-state index is 0.373. The smallest absolute Gasteiger partial charge is 0.262 e. The third-order valence-electron chi connectivity index (χ3n) is 2.67. The summed E-state index contributed by atoms with van der Waals surface area (Å²) in [4.78, 5) is 11.9. The van der Waals surface area contributed by atoms with Crippen LogP contribution in [0.1, 0.15) is 15.9 Å². The Morgan fingerprint density at radius 2 is 2.05 bits per heavy atom. The second-order valence-corrected chi connectivity index (χ2v) is 4.18. The number of carbonyl (C=O) groups excluding carboxylic acids is 1. The molecule has 0 bridgehead atoms. The lowest BCUT2D eigenvalue weighted by molar-refractivity contribution is 0.102. The SMILES string of the molecule is Cc1ccc(NC(=O)c2c(O)cccc2F)c(N)c1. The van der Waals surface area contributed by atoms with Crippen LogP contribution < -0.4 is 11.1 Å². The van der Waals surface area contributed by atoms with Crippen LogP contribution >= 0.6 is 0 Å². The van der Waals surface area contributed by atoms with Crippen LogP contribution in [-0.2, 0) is 0 Å². The Balaban J connectivity index is 2.31. The van der Waals surface area contributed by atoms with Gasteiger partial charge in [-0.15, -0.1) is 0 Å². The minimum Gasteiger partial charge on any atom is -0.507 e. The molecule has 98 valence electrons. The molecule has 2 aromatic rings. The third kappa shape index (κ3) is 2.65. The maximum Gasteiger partial charge on any atom is 0.262 e. The number of halogens is 1. The molecule has 5 heteroatoms. The fourth-order valence-corrected chi connectivity index (χ4v) is 1.72. The summed E-state index contributed by atoms with van der Waals surface area (Å²) in [7, 11) is 0. The zero-order valence-electron chi connectivity index (χ0n) is 10.3. The van der Waals surface area contributed by atoms with Gasteiger partial charge in [0.25, 0.3) is 5.91 Å². The highest BCUT2D eigenvalue weighted by molar-refractivity contribution is 6.07. The van der Waals surface area contributed by atoms with E-state index in [1.807, 2.05) is 6.92 Å². The summed E-state index contributed by atoms with van der Waals surface area (Å²) < 4.78 is 13.5. The lowest BCUT2D eigenvalue weighted by Gasteiger charge is -2.10. The number of amides is 1. The van der Waals surface area contributed by atoms with E-state index in [9.17, 15) is 14.3 Å². The van der Waals surface area contributed by atoms with Crippen molar-refractivity contribution in [2.75, 3.05) is 11.1 Å². The van der Waals surface area contributed by atoms with Crippen molar-refractivity contribution in [2.45, 2.75) is 6.92 Å². The van der Waals surface area contributed by atoms with Gasteiger partial charge < -0.3 is 16.2 Å². The average Bonchev–Trinajstić information content (AvgIpc) is 2.32. The molecule has 19 heavy (non-hydrogen) atoms. The van der Waals surface area contributed by atoms with Crippen molar-refractivity contribution in [1.82, 2.24) is 0 Å². The normalized spacial score (nSPS) is 10.2. The predicted molar refractivity (Wildman–Crippen MR) is 71.6 cm³/mol. The molecule has 2 rings (SSSR count). The number of aromatic hydroxyl groups is 1. The van der Waals surface area contributed by atoms with Crippen molar-refractivity contribution in [3.05, 3.63) is 53.3 Å². The Morgan fingerprint density at radius 1 is 1.32 bits per heavy atom. The number of nitrogens with two attached hydrogens (primary N) is 1. The molecule has 0 spiro atoms. The molecule has 1 amide bonds. The van der Waals surface area contributed by atoms with Crippen molar-refractivity contribution in [1.29, 1.82) is 0 Å². The summed E-state index contributed by atoms with van der Waals surface area (Å²) in [5, 5.41) is 12.0. The lowest BCUT2D eigenvalue weighted by atomic mass is 10.1. The van der Waals surface area contributed by atoms with Crippen LogP contribution in [0.15, 0.2) is 36.4 Å². The van der Waals surface area contributed by atoms with Gasteiger partial charge in [-0.25, -0.2) is 4.39 Å². The summed E-state index contributed by atoms with van der Waals surface area (Å²) in [5.74, 6) is -1.95. The Bertz CT molecular complexity index is 621. The zero-order valence-corrected chi connectivity index (χ0v) is 10.3. The van der Waals surface area contributed by atoms with Crippen molar-refractivity contribution in [3.63, 3.8) is 0 Å². The molecular weight excluding hydrogens is 247 g/mol. The summed E-state index contributed by atoms with van der Waals surface area (Å²) in [6, 6.07) is 8.76. The number of hydrogen-bond donors (Lipinski definition) is 3. The third-order valence-corrected chi connectivity index (χ3v) is 2.67. The van der Waals surface area contributed by atoms with Crippen molar-refractivity contribution >= 4 is 17.3 Å². The van der Waals surface area contributed by atoms with Gasteiger partial charge in [-0.3, -0.25) is 4.79 Å². The first-order valence-electron chi connectivity index (χ1n) is 5.64. The fraction of sp³-hybridized carbons (Fsp3) is 0.0714. The van der Waals surface area contributed by atoms with E-state index in [0.717, 1.165) is 11.6 Å². The summed E-state index contributed by atoms with van der Waals surface area (Å²) in [6.07, 6.45) is 0. The van der Waals surface area contributed by atoms with E-state index in [4.69, 9.17) is 5.73 Å². The number of phenolic OH excluding ortho intramolecular Hbond substituents is 1. The fourth-order valence-electron chi connectivity index (χ4n) is 1.72. The first-order chi connectivity index (χ1) is 8.99. The van der Waals surface area contributed by atoms with Gasteiger partial charge in [0.2, 0.25) is 0 Å². The highest BCUT2D eigenvalue weighted by Gasteiger charge is 2.17. The predicted octanol–water partition coefficient (Wildman–Crippen LogP) is 2.67. The van der Waals surface area contributed by atoms with Crippen LogP contribution in [-0.4, -0.2) is 11.0 Å². The van der Waals surface area contributed by atoms with Gasteiger partial charge in [0.15, 0.2) is 0 Å². The van der Waals surface area contributed by atoms with E-state index >= 15 is 0 Å². The quantitative estimate of drug-likeness (QED) is 0.727. The number of anilines is 2. The molecule has 0 aliphatic carbocycles. The summed E-state index contributed by atoms with van der Waals surface area (Å²) >= 11 is 0. The molecule has 2 aromatic carbocycles. The molecule has 0 unspecified atom stereocenters. The van der Waals surface area contributed by atoms with Gasteiger partial charge in [-0.2, -0.15) is 0 Å². The zero-order chi connectivity index (χ0) is 14.0. The van der Waals surface area contributed by atoms with Crippen LogP contribution in [0.5, 0.6) is 5.75 Å². The van der Waals surface area contributed by atoms with Crippen molar-refractivity contribution in [2.24, 2.45) is 0 Å². The Labute approximate surface area is 109 Å². The molecule has 0 saturated heterocycles. The van der Waals surface area contributed by atoms with E-state index in [-0.39, 0.29) is 0 Å². The molecule has 4 nitrogen and oxygen atoms in total. The van der Waals surface area contributed by atoms with E-state index in [2.05, 4.69) is 5.32 Å². The highest BCUT2D eigenvalue weighted by atomic mass is 19.1. The number of hydrogen-bond acceptors (Lipinski definition) is 3. The topological polar surface area (TPSA) is 75.3 Å². The second kappa shape index (κ2) is 4.97. The summed E-state index contributed by atoms with van der Waals surface area (Å²) in [6.45, 7) is 1.87. The molecule has 0 fully saturated rings. The van der Waals surface area contributed by atoms with E-state index in [1.165, 1.54) is 12.1 Å². The molecule has 0 radical (unpaired) electrons. The van der Waals surface area contributed by atoms with Crippen molar-refractivity contribution < 1.29 is 14.3 Å². The number of aryl methyl sites for hydroxylation is 1. The molecule has 0 atom stereocenters. The molecular formula is C14H13FN2O2. The van der Waals surface area contributed by atoms with Crippen LogP contribution in [0.25, 0.3) is 0 Å². The first kappa shape index (κ1) is 12.9. The van der Waals surface area contributed by atoms with Gasteiger partial charge in [0, 0.05) is 0 Å². The van der Waals surface area contributed by atoms with Crippen molar-refractivity contribution in [3.8, 4) is 5.75 Å². The van der Waals surface area contributed by atoms with Gasteiger partial charge >= 0.3 is 0 Å². The standard InChI is InChI=1S/C14H13FN2O2/c1-8-5-6-11(10(16)7-8)17-14(19)13-9(15)3-2-4-12(13)18/h2-7,18H,16H2,1H3,(H,17,19). The van der Waals surface area contributed by atoms with E-state index < -0.39 is 23.0 Å². The molecule has 0 heterocycles. The first-order valence-corrected chi connectivity index (χ1v) is 5.64. The van der Waals surface area contributed by atoms with Crippen LogP contribution in [0, 0.1) is 12.7 Å². The Hall–Kier alpha value is -2.56. The summed E-state index contributed by atoms with van der Waals surface area (Å²) in [5.41, 5.74) is 7.05. The molecule has 0 aliphatic rings. The van der Waals surface area contributed by atoms with Crippen LogP contribution in [0.2, 0.25) is 0 Å². The van der Waals surface area contributed by atoms with Gasteiger partial charge in [-0.05, 0) is 36.8 Å². The second-order valence-electron chi connectivity index (χ2n) is 4.18. The monoisotopic (exact) mass is 260 g/mol. The van der Waals surface area contributed by atoms with Crippen LogP contribution in [0.4, 0.5) is 15.8 Å². The van der Waals surface area contributed by atoms with Crippen LogP contribution in [0.3, 0.4) is 0 Å². The minimum atomic E-state index is -0.789. The number of carbonyl (C=O) groups is 1. The maximum atomic E-state index is 13.5. The Morgan fingerprint density at radius 3 is 2.68 bits per heavy atom. The molecule has 0 aromatic heterocycles. The number of nitrogen functional groups attached to an aromatic ring is 1. The van der Waals surface area contributed by atoms with Gasteiger partial charge in [0.1, 0.15) is 17.1 Å². The number of phenols is 1. The van der Waals surface area contributed by atoms with Gasteiger partial charge in [-0.1, -0.05) is 12.1 Å². The lowest BCUT2D eigenvalue weighted by Crippen LogP contribution is -2.15. The molecule has 4 N–H and O–H groups in total. The largest absolute Gasteiger partial charge is 0.507 e. The highest BCUT2D eigenvalue weighted by Crippen LogP contribution is 2.24. The molecule has 0 saturated carbocycles. The average molecular weight is 260 g/mol.